The van der Waals surface area contributed by atoms with Gasteiger partial charge in [-0.3, -0.25) is 14.4 Å². The highest BCUT2D eigenvalue weighted by atomic mass is 16.5. The summed E-state index contributed by atoms with van der Waals surface area (Å²) in [5.41, 5.74) is 5.79. The Bertz CT molecular complexity index is 1070. The van der Waals surface area contributed by atoms with E-state index >= 15 is 0 Å². The summed E-state index contributed by atoms with van der Waals surface area (Å²) in [5, 5.41) is 18.4. The van der Waals surface area contributed by atoms with Gasteiger partial charge in [0.1, 0.15) is 0 Å². The molecule has 24 heavy (non-hydrogen) atoms. The summed E-state index contributed by atoms with van der Waals surface area (Å²) in [6.07, 6.45) is 0. The van der Waals surface area contributed by atoms with E-state index in [0.29, 0.717) is 11.4 Å². The van der Waals surface area contributed by atoms with E-state index < -0.39 is 5.91 Å². The lowest BCUT2D eigenvalue weighted by molar-refractivity contribution is 0.0706. The van der Waals surface area contributed by atoms with Gasteiger partial charge in [-0.15, -0.1) is 10.2 Å². The third kappa shape index (κ3) is 2.12. The fraction of sp³-hybridized carbons (Fsp3) is 0.0556. The van der Waals surface area contributed by atoms with Crippen LogP contribution in [0.3, 0.4) is 0 Å². The number of para-hydroxylation sites is 1. The number of hydrogen-bond acceptors (Lipinski definition) is 4. The topological polar surface area (TPSA) is 79.5 Å². The molecule has 0 aliphatic heterocycles. The van der Waals surface area contributed by atoms with Gasteiger partial charge in [-0.1, -0.05) is 30.3 Å². The first-order valence-electron chi connectivity index (χ1n) is 7.47. The summed E-state index contributed by atoms with van der Waals surface area (Å²) < 4.78 is 2.00. The van der Waals surface area contributed by atoms with Crippen molar-refractivity contribution in [2.75, 3.05) is 0 Å². The van der Waals surface area contributed by atoms with E-state index in [4.69, 9.17) is 5.21 Å². The van der Waals surface area contributed by atoms with Gasteiger partial charge in [0.2, 0.25) is 0 Å². The maximum absolute atomic E-state index is 11.4. The van der Waals surface area contributed by atoms with Crippen molar-refractivity contribution in [2.45, 2.75) is 6.92 Å². The number of carbonyl (C=O) groups excluding carboxylic acids is 1. The van der Waals surface area contributed by atoms with Crippen molar-refractivity contribution in [1.82, 2.24) is 20.1 Å². The monoisotopic (exact) mass is 318 g/mol. The molecule has 118 valence electrons. The van der Waals surface area contributed by atoms with Crippen molar-refractivity contribution < 1.29 is 10.0 Å². The Hall–Kier alpha value is -3.25. The Balaban J connectivity index is 1.94. The molecule has 0 bridgehead atoms. The molecule has 2 aromatic heterocycles. The van der Waals surface area contributed by atoms with Crippen molar-refractivity contribution in [1.29, 1.82) is 0 Å². The molecule has 0 aliphatic carbocycles. The first-order valence-corrected chi connectivity index (χ1v) is 7.47. The quantitative estimate of drug-likeness (QED) is 0.440. The molecule has 4 rings (SSSR count). The van der Waals surface area contributed by atoms with E-state index in [1.807, 2.05) is 28.7 Å². The number of pyridine rings is 1. The Labute approximate surface area is 137 Å². The number of rotatable bonds is 2. The van der Waals surface area contributed by atoms with E-state index in [1.54, 1.807) is 29.7 Å². The van der Waals surface area contributed by atoms with Gasteiger partial charge in [0.05, 0.1) is 5.52 Å². The first-order chi connectivity index (χ1) is 11.7. The third-order valence-electron chi connectivity index (χ3n) is 4.11. The summed E-state index contributed by atoms with van der Waals surface area (Å²) >= 11 is 0. The molecule has 0 atom stereocenters. The number of aryl methyl sites for hydroxylation is 1. The number of nitrogens with zero attached hydrogens (tertiary/aromatic N) is 3. The van der Waals surface area contributed by atoms with Gasteiger partial charge in [-0.25, -0.2) is 5.48 Å². The molecule has 1 amide bonds. The van der Waals surface area contributed by atoms with Gasteiger partial charge in [0.15, 0.2) is 11.5 Å². The molecule has 0 spiro atoms. The molecular weight excluding hydrogens is 304 g/mol. The molecule has 0 fully saturated rings. The summed E-state index contributed by atoms with van der Waals surface area (Å²) in [7, 11) is 0. The number of fused-ring (bicyclic) bond motifs is 3. The fourth-order valence-electron chi connectivity index (χ4n) is 2.92. The normalized spacial score (nSPS) is 11.1. The van der Waals surface area contributed by atoms with Crippen LogP contribution in [0, 0.1) is 6.92 Å². The summed E-state index contributed by atoms with van der Waals surface area (Å²) in [5.74, 6) is 0.158. The predicted molar refractivity (Wildman–Crippen MR) is 89.9 cm³/mol. The molecule has 2 aromatic carbocycles. The number of nitrogens with one attached hydrogen (secondary N) is 1. The van der Waals surface area contributed by atoms with Gasteiger partial charge < -0.3 is 0 Å². The van der Waals surface area contributed by atoms with Crippen LogP contribution >= 0.6 is 0 Å². The maximum Gasteiger partial charge on any atom is 0.274 e. The van der Waals surface area contributed by atoms with Crippen LogP contribution < -0.4 is 5.48 Å². The Kier molecular flexibility index (Phi) is 3.25. The zero-order valence-electron chi connectivity index (χ0n) is 12.9. The number of amides is 1. The highest BCUT2D eigenvalue weighted by molar-refractivity contribution is 5.94. The van der Waals surface area contributed by atoms with E-state index in [2.05, 4.69) is 23.2 Å². The van der Waals surface area contributed by atoms with E-state index in [9.17, 15) is 4.79 Å². The van der Waals surface area contributed by atoms with Crippen molar-refractivity contribution in [3.8, 4) is 11.4 Å². The molecule has 6 heteroatoms. The Morgan fingerprint density at radius 2 is 1.83 bits per heavy atom. The molecule has 2 heterocycles. The van der Waals surface area contributed by atoms with Gasteiger partial charge in [0.25, 0.3) is 5.91 Å². The van der Waals surface area contributed by atoms with Crippen LogP contribution in [0.15, 0.2) is 54.6 Å². The van der Waals surface area contributed by atoms with Crippen LogP contribution in [0.4, 0.5) is 0 Å². The van der Waals surface area contributed by atoms with Crippen molar-refractivity contribution >= 4 is 22.5 Å². The molecule has 0 unspecified atom stereocenters. The number of hydrogen-bond donors (Lipinski definition) is 2. The molecular formula is C18H14N4O2. The van der Waals surface area contributed by atoms with E-state index in [-0.39, 0.29) is 0 Å². The van der Waals surface area contributed by atoms with Crippen LogP contribution in [-0.4, -0.2) is 25.7 Å². The Morgan fingerprint density at radius 3 is 2.58 bits per heavy atom. The maximum atomic E-state index is 11.4. The summed E-state index contributed by atoms with van der Waals surface area (Å²) in [6, 6.07) is 17.0. The number of carbonyl (C=O) groups is 1. The van der Waals surface area contributed by atoms with Crippen LogP contribution in [-0.2, 0) is 0 Å². The van der Waals surface area contributed by atoms with Crippen LogP contribution in [0.5, 0.6) is 0 Å². The average Bonchev–Trinajstić information content (AvgIpc) is 3.05. The van der Waals surface area contributed by atoms with Crippen molar-refractivity contribution in [3.63, 3.8) is 0 Å². The molecule has 0 saturated carbocycles. The third-order valence-corrected chi connectivity index (χ3v) is 4.11. The molecule has 0 radical (unpaired) electrons. The van der Waals surface area contributed by atoms with Crippen molar-refractivity contribution in [2.24, 2.45) is 0 Å². The second-order valence-corrected chi connectivity index (χ2v) is 5.58. The second-order valence-electron chi connectivity index (χ2n) is 5.58. The smallest absolute Gasteiger partial charge is 0.274 e. The largest absolute Gasteiger partial charge is 0.288 e. The fourth-order valence-corrected chi connectivity index (χ4v) is 2.92. The molecule has 4 aromatic rings. The van der Waals surface area contributed by atoms with E-state index in [1.165, 1.54) is 0 Å². The minimum Gasteiger partial charge on any atom is -0.288 e. The molecule has 6 nitrogen and oxygen atoms in total. The van der Waals surface area contributed by atoms with Gasteiger partial charge >= 0.3 is 0 Å². The minimum absolute atomic E-state index is 0.371. The first kappa shape index (κ1) is 14.3. The van der Waals surface area contributed by atoms with Gasteiger partial charge in [-0.2, -0.15) is 0 Å². The van der Waals surface area contributed by atoms with Gasteiger partial charge in [0, 0.05) is 16.5 Å². The zero-order chi connectivity index (χ0) is 16.7. The lowest BCUT2D eigenvalue weighted by Gasteiger charge is -2.08. The van der Waals surface area contributed by atoms with Crippen LogP contribution in [0.1, 0.15) is 15.9 Å². The molecule has 2 N–H and O–H groups in total. The minimum atomic E-state index is -0.547. The second kappa shape index (κ2) is 5.43. The van der Waals surface area contributed by atoms with E-state index in [0.717, 1.165) is 27.7 Å². The Morgan fingerprint density at radius 1 is 1.08 bits per heavy atom. The number of aromatic nitrogens is 3. The summed E-state index contributed by atoms with van der Waals surface area (Å²) in [6.45, 7) is 2.05. The number of benzene rings is 2. The lowest BCUT2D eigenvalue weighted by atomic mass is 10.1. The van der Waals surface area contributed by atoms with Crippen molar-refractivity contribution in [3.05, 3.63) is 65.7 Å². The lowest BCUT2D eigenvalue weighted by Crippen LogP contribution is -2.18. The molecule has 0 aliphatic rings. The highest BCUT2D eigenvalue weighted by Gasteiger charge is 2.13. The zero-order valence-corrected chi connectivity index (χ0v) is 12.9. The average molecular weight is 318 g/mol. The number of hydroxylamine groups is 1. The van der Waals surface area contributed by atoms with Crippen LogP contribution in [0.25, 0.3) is 27.9 Å². The van der Waals surface area contributed by atoms with Crippen LogP contribution in [0.2, 0.25) is 0 Å². The highest BCUT2D eigenvalue weighted by Crippen LogP contribution is 2.26. The summed E-state index contributed by atoms with van der Waals surface area (Å²) in [4.78, 5) is 11.4. The SMILES string of the molecule is Cc1cc2nnc(-c3ccc(C(=O)NO)cc3)n2c2ccccc12. The predicted octanol–water partition coefficient (Wildman–Crippen LogP) is 2.98. The standard InChI is InChI=1S/C18H14N4O2/c1-11-10-16-19-20-17(22(16)15-5-3-2-4-14(11)15)12-6-8-13(9-7-12)18(23)21-24/h2-10,24H,1H3,(H,21,23). The van der Waals surface area contributed by atoms with Gasteiger partial charge in [-0.05, 0) is 36.8 Å². The molecule has 0 saturated heterocycles.